The van der Waals surface area contributed by atoms with E-state index in [-0.39, 0.29) is 0 Å². The Morgan fingerprint density at radius 2 is 2.25 bits per heavy atom. The first kappa shape index (κ1) is 13.1. The molecular weight excluding hydrogens is 270 g/mol. The Kier molecular flexibility index (Phi) is 3.42. The van der Waals surface area contributed by atoms with E-state index >= 15 is 0 Å². The summed E-state index contributed by atoms with van der Waals surface area (Å²) in [6.07, 6.45) is 3.04. The minimum absolute atomic E-state index is 0.659. The topological polar surface area (TPSA) is 68.8 Å². The Hall–Kier alpha value is -1.92. The molecule has 0 aliphatic carbocycles. The molecule has 0 amide bonds. The summed E-state index contributed by atoms with van der Waals surface area (Å²) >= 11 is 1.37. The lowest BCUT2D eigenvalue weighted by Crippen LogP contribution is -2.02. The second-order valence-corrected chi connectivity index (χ2v) is 5.56. The van der Waals surface area contributed by atoms with Crippen molar-refractivity contribution in [1.29, 1.82) is 0 Å². The molecule has 0 spiro atoms. The number of rotatable bonds is 4. The summed E-state index contributed by atoms with van der Waals surface area (Å²) in [5.74, 6) is 0.794. The lowest BCUT2D eigenvalue weighted by atomic mass is 10.1. The zero-order chi connectivity index (χ0) is 14.1. The number of nitrogens with one attached hydrogen (secondary N) is 1. The van der Waals surface area contributed by atoms with E-state index in [0.717, 1.165) is 23.1 Å². The molecule has 2 aromatic heterocycles. The van der Waals surface area contributed by atoms with Gasteiger partial charge in [0, 0.05) is 41.4 Å². The van der Waals surface area contributed by atoms with Crippen LogP contribution in [0.15, 0.2) is 24.4 Å². The predicted molar refractivity (Wildman–Crippen MR) is 83.6 cm³/mol. The molecular formula is C14H17N5S. The molecule has 3 rings (SSSR count). The first-order valence-electron chi connectivity index (χ1n) is 6.53. The van der Waals surface area contributed by atoms with Crippen LogP contribution in [0.5, 0.6) is 0 Å². The van der Waals surface area contributed by atoms with Crippen LogP contribution in [0.25, 0.3) is 10.9 Å². The van der Waals surface area contributed by atoms with Crippen molar-refractivity contribution in [2.75, 3.05) is 11.9 Å². The minimum atomic E-state index is 0.659. The van der Waals surface area contributed by atoms with Gasteiger partial charge in [0.2, 0.25) is 5.13 Å². The fraction of sp³-hybridized carbons (Fsp3) is 0.286. The molecule has 0 radical (unpaired) electrons. The average Bonchev–Trinajstić information content (AvgIpc) is 2.95. The largest absolute Gasteiger partial charge is 0.350 e. The van der Waals surface area contributed by atoms with Gasteiger partial charge < -0.3 is 15.6 Å². The van der Waals surface area contributed by atoms with E-state index in [2.05, 4.69) is 50.7 Å². The van der Waals surface area contributed by atoms with E-state index < -0.39 is 0 Å². The number of aromatic nitrogens is 3. The van der Waals surface area contributed by atoms with E-state index in [1.807, 2.05) is 6.92 Å². The molecule has 0 aliphatic rings. The highest BCUT2D eigenvalue weighted by Crippen LogP contribution is 2.26. The minimum Gasteiger partial charge on any atom is -0.350 e. The van der Waals surface area contributed by atoms with Gasteiger partial charge in [0.1, 0.15) is 5.82 Å². The van der Waals surface area contributed by atoms with Gasteiger partial charge in [0.15, 0.2) is 0 Å². The van der Waals surface area contributed by atoms with Crippen LogP contribution in [0, 0.1) is 6.92 Å². The number of hydrogen-bond donors (Lipinski definition) is 2. The summed E-state index contributed by atoms with van der Waals surface area (Å²) in [5.41, 5.74) is 9.20. The van der Waals surface area contributed by atoms with E-state index in [1.54, 1.807) is 0 Å². The molecule has 5 nitrogen and oxygen atoms in total. The summed E-state index contributed by atoms with van der Waals surface area (Å²) < 4.78 is 6.31. The zero-order valence-electron chi connectivity index (χ0n) is 11.6. The fourth-order valence-corrected chi connectivity index (χ4v) is 2.97. The second-order valence-electron chi connectivity index (χ2n) is 4.81. The first-order valence-corrected chi connectivity index (χ1v) is 7.30. The molecule has 104 valence electrons. The van der Waals surface area contributed by atoms with Gasteiger partial charge in [-0.3, -0.25) is 0 Å². The standard InChI is InChI=1S/C14H17N5S/c1-9-16-14(20-18-9)17-11-3-4-13-12(7-11)10(5-6-15)8-19(13)2/h3-4,7-8H,5-6,15H2,1-2H3,(H,16,17,18). The summed E-state index contributed by atoms with van der Waals surface area (Å²) in [5, 5.41) is 5.36. The Balaban J connectivity index is 1.98. The van der Waals surface area contributed by atoms with Gasteiger partial charge in [-0.15, -0.1) is 0 Å². The molecule has 0 saturated carbocycles. The molecule has 3 N–H and O–H groups in total. The summed E-state index contributed by atoms with van der Waals surface area (Å²) in [6.45, 7) is 2.55. The SMILES string of the molecule is Cc1nsc(Nc2ccc3c(c2)c(CCN)cn3C)n1. The Morgan fingerprint density at radius 1 is 1.40 bits per heavy atom. The van der Waals surface area contributed by atoms with Crippen LogP contribution in [0.1, 0.15) is 11.4 Å². The molecule has 20 heavy (non-hydrogen) atoms. The smallest absolute Gasteiger partial charge is 0.207 e. The zero-order valence-corrected chi connectivity index (χ0v) is 12.4. The number of hydrogen-bond acceptors (Lipinski definition) is 5. The maximum atomic E-state index is 5.68. The maximum absolute atomic E-state index is 5.68. The van der Waals surface area contributed by atoms with E-state index in [4.69, 9.17) is 5.73 Å². The molecule has 0 bridgehead atoms. The van der Waals surface area contributed by atoms with E-state index in [9.17, 15) is 0 Å². The Bertz CT molecular complexity index is 743. The van der Waals surface area contributed by atoms with Gasteiger partial charge in [-0.05, 0) is 43.7 Å². The maximum Gasteiger partial charge on any atom is 0.207 e. The van der Waals surface area contributed by atoms with Crippen LogP contribution < -0.4 is 11.1 Å². The molecule has 1 aromatic carbocycles. The monoisotopic (exact) mass is 287 g/mol. The first-order chi connectivity index (χ1) is 9.67. The molecule has 3 aromatic rings. The van der Waals surface area contributed by atoms with Gasteiger partial charge >= 0.3 is 0 Å². The van der Waals surface area contributed by atoms with Crippen molar-refractivity contribution in [3.8, 4) is 0 Å². The van der Waals surface area contributed by atoms with Crippen molar-refractivity contribution in [3.63, 3.8) is 0 Å². The highest BCUT2D eigenvalue weighted by Gasteiger charge is 2.08. The third-order valence-corrected chi connectivity index (χ3v) is 3.99. The van der Waals surface area contributed by atoms with Gasteiger partial charge in [0.25, 0.3) is 0 Å². The number of aryl methyl sites for hydroxylation is 2. The molecule has 0 atom stereocenters. The third kappa shape index (κ3) is 2.39. The Labute approximate surface area is 121 Å². The molecule has 0 unspecified atom stereocenters. The van der Waals surface area contributed by atoms with Crippen LogP contribution in [-0.2, 0) is 13.5 Å². The molecule has 6 heteroatoms. The van der Waals surface area contributed by atoms with Crippen LogP contribution in [0.3, 0.4) is 0 Å². The Morgan fingerprint density at radius 3 is 2.95 bits per heavy atom. The van der Waals surface area contributed by atoms with Crippen molar-refractivity contribution in [2.45, 2.75) is 13.3 Å². The van der Waals surface area contributed by atoms with Crippen molar-refractivity contribution in [2.24, 2.45) is 12.8 Å². The van der Waals surface area contributed by atoms with Gasteiger partial charge in [-0.2, -0.15) is 4.37 Å². The number of benzene rings is 1. The van der Waals surface area contributed by atoms with Crippen LogP contribution >= 0.6 is 11.5 Å². The van der Waals surface area contributed by atoms with Gasteiger partial charge in [0.05, 0.1) is 0 Å². The lowest BCUT2D eigenvalue weighted by Gasteiger charge is -2.04. The van der Waals surface area contributed by atoms with Crippen molar-refractivity contribution >= 4 is 33.3 Å². The summed E-state index contributed by atoms with van der Waals surface area (Å²) in [6, 6.07) is 6.33. The lowest BCUT2D eigenvalue weighted by molar-refractivity contribution is 0.929. The van der Waals surface area contributed by atoms with Crippen molar-refractivity contribution in [3.05, 3.63) is 35.8 Å². The third-order valence-electron chi connectivity index (χ3n) is 3.26. The second kappa shape index (κ2) is 5.22. The number of anilines is 2. The van der Waals surface area contributed by atoms with Crippen molar-refractivity contribution < 1.29 is 0 Å². The molecule has 2 heterocycles. The quantitative estimate of drug-likeness (QED) is 0.774. The number of nitrogens with two attached hydrogens (primary N) is 1. The average molecular weight is 287 g/mol. The predicted octanol–water partition coefficient (Wildman–Crippen LogP) is 2.58. The highest BCUT2D eigenvalue weighted by atomic mass is 32.1. The highest BCUT2D eigenvalue weighted by molar-refractivity contribution is 7.09. The fourth-order valence-electron chi connectivity index (χ4n) is 2.38. The molecule has 0 aliphatic heterocycles. The van der Waals surface area contributed by atoms with Crippen LogP contribution in [-0.4, -0.2) is 20.5 Å². The number of fused-ring (bicyclic) bond motifs is 1. The van der Waals surface area contributed by atoms with E-state index in [0.29, 0.717) is 6.54 Å². The van der Waals surface area contributed by atoms with Crippen LogP contribution in [0.2, 0.25) is 0 Å². The van der Waals surface area contributed by atoms with Crippen molar-refractivity contribution in [1.82, 2.24) is 13.9 Å². The van der Waals surface area contributed by atoms with E-state index in [1.165, 1.54) is 28.0 Å². The summed E-state index contributed by atoms with van der Waals surface area (Å²) in [7, 11) is 2.06. The molecule has 0 saturated heterocycles. The van der Waals surface area contributed by atoms with Gasteiger partial charge in [-0.1, -0.05) is 0 Å². The molecule has 0 fully saturated rings. The number of nitrogens with zero attached hydrogens (tertiary/aromatic N) is 3. The normalized spacial score (nSPS) is 11.2. The van der Waals surface area contributed by atoms with Crippen LogP contribution in [0.4, 0.5) is 10.8 Å². The summed E-state index contributed by atoms with van der Waals surface area (Å²) in [4.78, 5) is 4.32. The van der Waals surface area contributed by atoms with Gasteiger partial charge in [-0.25, -0.2) is 4.98 Å².